The number of ether oxygens (including phenoxy) is 1. The Morgan fingerprint density at radius 2 is 2.00 bits per heavy atom. The van der Waals surface area contributed by atoms with Gasteiger partial charge in [0.15, 0.2) is 0 Å². The van der Waals surface area contributed by atoms with Crippen LogP contribution in [-0.2, 0) is 9.59 Å². The fourth-order valence-corrected chi connectivity index (χ4v) is 2.27. The van der Waals surface area contributed by atoms with E-state index in [0.717, 1.165) is 5.56 Å². The quantitative estimate of drug-likeness (QED) is 0.800. The van der Waals surface area contributed by atoms with E-state index < -0.39 is 11.8 Å². The van der Waals surface area contributed by atoms with Crippen LogP contribution in [0.25, 0.3) is 0 Å². The number of hydrogen-bond acceptors (Lipinski definition) is 4. The summed E-state index contributed by atoms with van der Waals surface area (Å²) >= 11 is 6.01. The number of carbonyl (C=O) groups excluding carboxylic acids is 2. The van der Waals surface area contributed by atoms with E-state index >= 15 is 0 Å². The number of benzene rings is 1. The molecule has 2 rings (SSSR count). The molecule has 2 N–H and O–H groups in total. The lowest BCUT2D eigenvalue weighted by Crippen LogP contribution is -2.49. The minimum atomic E-state index is -0.670. The molecule has 21 heavy (non-hydrogen) atoms. The molecule has 114 valence electrons. The maximum atomic E-state index is 12.1. The second-order valence-electron chi connectivity index (χ2n) is 4.80. The molecule has 6 nitrogen and oxygen atoms in total. The van der Waals surface area contributed by atoms with Gasteiger partial charge in [-0.25, -0.2) is 0 Å². The first-order valence-electron chi connectivity index (χ1n) is 6.68. The van der Waals surface area contributed by atoms with Gasteiger partial charge in [0, 0.05) is 37.3 Å². The highest BCUT2D eigenvalue weighted by Crippen LogP contribution is 2.30. The van der Waals surface area contributed by atoms with Gasteiger partial charge in [-0.05, 0) is 18.6 Å². The van der Waals surface area contributed by atoms with Crippen molar-refractivity contribution in [1.29, 1.82) is 0 Å². The lowest BCUT2D eigenvalue weighted by atomic mass is 10.2. The van der Waals surface area contributed by atoms with Gasteiger partial charge in [-0.3, -0.25) is 9.59 Å². The van der Waals surface area contributed by atoms with Crippen LogP contribution in [0.5, 0.6) is 5.75 Å². The van der Waals surface area contributed by atoms with Gasteiger partial charge in [-0.15, -0.1) is 0 Å². The molecular weight excluding hydrogens is 294 g/mol. The van der Waals surface area contributed by atoms with Gasteiger partial charge in [-0.1, -0.05) is 11.6 Å². The van der Waals surface area contributed by atoms with Crippen molar-refractivity contribution < 1.29 is 14.3 Å². The van der Waals surface area contributed by atoms with E-state index in [0.29, 0.717) is 42.6 Å². The number of halogens is 1. The topological polar surface area (TPSA) is 70.7 Å². The highest BCUT2D eigenvalue weighted by molar-refractivity contribution is 6.39. The number of carbonyl (C=O) groups is 2. The first-order valence-corrected chi connectivity index (χ1v) is 7.06. The van der Waals surface area contributed by atoms with Crippen LogP contribution >= 0.6 is 11.6 Å². The van der Waals surface area contributed by atoms with Crippen LogP contribution in [0, 0.1) is 6.92 Å². The molecule has 0 unspecified atom stereocenters. The zero-order valence-electron chi connectivity index (χ0n) is 12.0. The van der Waals surface area contributed by atoms with Crippen molar-refractivity contribution in [3.8, 4) is 5.75 Å². The second kappa shape index (κ2) is 6.78. The molecular formula is C14H18ClN3O3. The van der Waals surface area contributed by atoms with E-state index in [1.807, 2.05) is 6.92 Å². The lowest BCUT2D eigenvalue weighted by molar-refractivity contribution is -0.143. The van der Waals surface area contributed by atoms with Crippen LogP contribution in [0.2, 0.25) is 5.02 Å². The summed E-state index contributed by atoms with van der Waals surface area (Å²) in [6, 6.07) is 3.30. The van der Waals surface area contributed by atoms with Gasteiger partial charge in [-0.2, -0.15) is 0 Å². The molecule has 0 radical (unpaired) electrons. The predicted octanol–water partition coefficient (Wildman–Crippen LogP) is 1.03. The van der Waals surface area contributed by atoms with E-state index in [1.54, 1.807) is 12.1 Å². The lowest BCUT2D eigenvalue weighted by Gasteiger charge is -2.26. The molecule has 0 bridgehead atoms. The molecule has 0 aromatic heterocycles. The number of methoxy groups -OCH3 is 1. The molecule has 1 aromatic rings. The van der Waals surface area contributed by atoms with E-state index in [-0.39, 0.29) is 0 Å². The number of nitrogens with zero attached hydrogens (tertiary/aromatic N) is 1. The maximum absolute atomic E-state index is 12.1. The zero-order valence-corrected chi connectivity index (χ0v) is 12.8. The second-order valence-corrected chi connectivity index (χ2v) is 5.21. The molecule has 2 amide bonds. The smallest absolute Gasteiger partial charge is 0.314 e. The number of amides is 2. The third-order valence-corrected chi connectivity index (χ3v) is 3.73. The highest BCUT2D eigenvalue weighted by atomic mass is 35.5. The molecule has 0 saturated carbocycles. The molecule has 0 atom stereocenters. The molecule has 7 heteroatoms. The van der Waals surface area contributed by atoms with Crippen molar-refractivity contribution in [3.63, 3.8) is 0 Å². The number of rotatable bonds is 2. The van der Waals surface area contributed by atoms with Crippen LogP contribution < -0.4 is 15.4 Å². The van der Waals surface area contributed by atoms with Crippen molar-refractivity contribution in [2.45, 2.75) is 6.92 Å². The molecule has 1 heterocycles. The van der Waals surface area contributed by atoms with Crippen molar-refractivity contribution in [2.24, 2.45) is 0 Å². The third-order valence-electron chi connectivity index (χ3n) is 3.33. The Morgan fingerprint density at radius 3 is 2.62 bits per heavy atom. The van der Waals surface area contributed by atoms with Crippen LogP contribution in [0.15, 0.2) is 12.1 Å². The van der Waals surface area contributed by atoms with Gasteiger partial charge in [0.1, 0.15) is 5.75 Å². The van der Waals surface area contributed by atoms with Gasteiger partial charge >= 0.3 is 11.8 Å². The van der Waals surface area contributed by atoms with Crippen LogP contribution in [0.1, 0.15) is 5.56 Å². The van der Waals surface area contributed by atoms with Crippen LogP contribution in [-0.4, -0.2) is 50.0 Å². The first kappa shape index (κ1) is 15.6. The highest BCUT2D eigenvalue weighted by Gasteiger charge is 2.24. The van der Waals surface area contributed by atoms with Crippen LogP contribution in [0.3, 0.4) is 0 Å². The Morgan fingerprint density at radius 1 is 1.33 bits per heavy atom. The van der Waals surface area contributed by atoms with Crippen molar-refractivity contribution in [2.75, 3.05) is 38.6 Å². The standard InChI is InChI=1S/C14H18ClN3O3/c1-9-7-11(12(21-2)8-10(9)15)17-13(19)14(20)18-5-3-16-4-6-18/h7-8,16H,3-6H2,1-2H3,(H,17,19). The maximum Gasteiger partial charge on any atom is 0.314 e. The van der Waals surface area contributed by atoms with E-state index in [2.05, 4.69) is 10.6 Å². The molecule has 1 aromatic carbocycles. The van der Waals surface area contributed by atoms with Gasteiger partial charge in [0.25, 0.3) is 0 Å². The Kier molecular flexibility index (Phi) is 5.03. The summed E-state index contributed by atoms with van der Waals surface area (Å²) in [6.07, 6.45) is 0. The summed E-state index contributed by atoms with van der Waals surface area (Å²) < 4.78 is 5.17. The van der Waals surface area contributed by atoms with Crippen LogP contribution in [0.4, 0.5) is 5.69 Å². The fourth-order valence-electron chi connectivity index (χ4n) is 2.12. The first-order chi connectivity index (χ1) is 10.0. The molecule has 1 aliphatic rings. The number of aryl methyl sites for hydroxylation is 1. The van der Waals surface area contributed by atoms with E-state index in [4.69, 9.17) is 16.3 Å². The molecule has 0 aliphatic carbocycles. The average molecular weight is 312 g/mol. The minimum Gasteiger partial charge on any atom is -0.495 e. The Labute approximate surface area is 128 Å². The SMILES string of the molecule is COc1cc(Cl)c(C)cc1NC(=O)C(=O)N1CCNCC1. The molecule has 1 aliphatic heterocycles. The average Bonchev–Trinajstić information content (AvgIpc) is 2.50. The van der Waals surface area contributed by atoms with E-state index in [1.165, 1.54) is 12.0 Å². The summed E-state index contributed by atoms with van der Waals surface area (Å²) in [5.41, 5.74) is 1.23. The molecule has 1 fully saturated rings. The van der Waals surface area contributed by atoms with Crippen molar-refractivity contribution in [3.05, 3.63) is 22.7 Å². The Bertz CT molecular complexity index is 557. The predicted molar refractivity (Wildman–Crippen MR) is 80.8 cm³/mol. The monoisotopic (exact) mass is 311 g/mol. The van der Waals surface area contributed by atoms with E-state index in [9.17, 15) is 9.59 Å². The number of anilines is 1. The van der Waals surface area contributed by atoms with Gasteiger partial charge < -0.3 is 20.3 Å². The normalized spacial score (nSPS) is 14.7. The summed E-state index contributed by atoms with van der Waals surface area (Å²) in [4.78, 5) is 25.7. The summed E-state index contributed by atoms with van der Waals surface area (Å²) in [5, 5.41) is 6.26. The summed E-state index contributed by atoms with van der Waals surface area (Å²) in [6.45, 7) is 4.27. The minimum absolute atomic E-state index is 0.423. The van der Waals surface area contributed by atoms with Gasteiger partial charge in [0.2, 0.25) is 0 Å². The molecule has 1 saturated heterocycles. The third kappa shape index (κ3) is 3.65. The summed E-state index contributed by atoms with van der Waals surface area (Å²) in [5.74, 6) is -0.782. The van der Waals surface area contributed by atoms with Crippen molar-refractivity contribution in [1.82, 2.24) is 10.2 Å². The fraction of sp³-hybridized carbons (Fsp3) is 0.429. The summed E-state index contributed by atoms with van der Waals surface area (Å²) in [7, 11) is 1.48. The van der Waals surface area contributed by atoms with Crippen molar-refractivity contribution >= 4 is 29.1 Å². The Balaban J connectivity index is 2.11. The Hall–Kier alpha value is -1.79. The largest absolute Gasteiger partial charge is 0.495 e. The number of piperazine rings is 1. The number of hydrogen-bond donors (Lipinski definition) is 2. The number of nitrogens with one attached hydrogen (secondary N) is 2. The molecule has 0 spiro atoms. The van der Waals surface area contributed by atoms with Gasteiger partial charge in [0.05, 0.1) is 12.8 Å². The zero-order chi connectivity index (χ0) is 15.4.